The van der Waals surface area contributed by atoms with Crippen LogP contribution < -0.4 is 14.8 Å². The number of anilines is 1. The highest BCUT2D eigenvalue weighted by Gasteiger charge is 2.10. The Morgan fingerprint density at radius 3 is 2.58 bits per heavy atom. The zero-order valence-corrected chi connectivity index (χ0v) is 12.7. The number of thiazole rings is 1. The van der Waals surface area contributed by atoms with Gasteiger partial charge in [0.2, 0.25) is 0 Å². The number of nitrogens with one attached hydrogen (secondary N) is 1. The molecule has 1 aromatic heterocycles. The van der Waals surface area contributed by atoms with Crippen LogP contribution in [-0.4, -0.2) is 25.5 Å². The van der Waals surface area contributed by atoms with Crippen LogP contribution in [-0.2, 0) is 6.54 Å². The molecule has 0 fully saturated rings. The molecule has 19 heavy (non-hydrogen) atoms. The van der Waals surface area contributed by atoms with Gasteiger partial charge < -0.3 is 14.8 Å². The number of hydrogen-bond donors (Lipinski definition) is 1. The smallest absolute Gasteiger partial charge is 0.182 e. The molecule has 1 aromatic carbocycles. The van der Waals surface area contributed by atoms with E-state index in [1.165, 1.54) is 10.5 Å². The van der Waals surface area contributed by atoms with Crippen molar-refractivity contribution >= 4 is 28.2 Å². The van der Waals surface area contributed by atoms with Crippen LogP contribution in [0.5, 0.6) is 11.5 Å². The molecule has 4 nitrogen and oxygen atoms in total. The summed E-state index contributed by atoms with van der Waals surface area (Å²) in [5, 5.41) is 6.17. The maximum Gasteiger partial charge on any atom is 0.182 e. The van der Waals surface area contributed by atoms with Crippen LogP contribution in [0, 0.1) is 0 Å². The third kappa shape index (κ3) is 3.33. The average molecular weight is 296 g/mol. The predicted octanol–water partition coefficient (Wildman–Crippen LogP) is 3.49. The van der Waals surface area contributed by atoms with E-state index in [1.807, 2.05) is 23.8 Å². The minimum absolute atomic E-state index is 0.712. The first-order valence-electron chi connectivity index (χ1n) is 5.70. The number of ether oxygens (including phenoxy) is 2. The first kappa shape index (κ1) is 14.0. The molecular weight excluding hydrogens is 280 g/mol. The lowest BCUT2D eigenvalue weighted by molar-refractivity contribution is 0.353. The van der Waals surface area contributed by atoms with E-state index in [0.29, 0.717) is 6.54 Å². The van der Waals surface area contributed by atoms with E-state index in [9.17, 15) is 0 Å². The van der Waals surface area contributed by atoms with Gasteiger partial charge in [0.25, 0.3) is 0 Å². The summed E-state index contributed by atoms with van der Waals surface area (Å²) < 4.78 is 10.7. The minimum atomic E-state index is 0.712. The van der Waals surface area contributed by atoms with E-state index < -0.39 is 0 Å². The van der Waals surface area contributed by atoms with E-state index in [-0.39, 0.29) is 0 Å². The first-order valence-corrected chi connectivity index (χ1v) is 7.81. The summed E-state index contributed by atoms with van der Waals surface area (Å²) in [5.74, 6) is 1.50. The predicted molar refractivity (Wildman–Crippen MR) is 80.8 cm³/mol. The number of nitrogens with zero attached hydrogens (tertiary/aromatic N) is 1. The lowest BCUT2D eigenvalue weighted by atomic mass is 10.2. The minimum Gasteiger partial charge on any atom is -0.493 e. The Labute approximate surface area is 121 Å². The molecule has 102 valence electrons. The lowest BCUT2D eigenvalue weighted by Gasteiger charge is -2.14. The van der Waals surface area contributed by atoms with E-state index in [4.69, 9.17) is 9.47 Å². The van der Waals surface area contributed by atoms with Crippen molar-refractivity contribution in [3.63, 3.8) is 0 Å². The van der Waals surface area contributed by atoms with Gasteiger partial charge in [-0.25, -0.2) is 4.98 Å². The fraction of sp³-hybridized carbons (Fsp3) is 0.308. The highest BCUT2D eigenvalue weighted by Crippen LogP contribution is 2.34. The lowest BCUT2D eigenvalue weighted by Crippen LogP contribution is -2.02. The van der Waals surface area contributed by atoms with Crippen molar-refractivity contribution in [2.45, 2.75) is 11.4 Å². The van der Waals surface area contributed by atoms with Gasteiger partial charge >= 0.3 is 0 Å². The zero-order chi connectivity index (χ0) is 13.7. The second-order valence-electron chi connectivity index (χ2n) is 3.71. The topological polar surface area (TPSA) is 43.4 Å². The second-order valence-corrected chi connectivity index (χ2v) is 5.45. The standard InChI is InChI=1S/C13H16N2O2S2/c1-16-10-6-9(8-15-13-14-4-5-19-13)12(18-3)7-11(10)17-2/h4-7H,8H2,1-3H3,(H,14,15). The molecule has 0 amide bonds. The Morgan fingerprint density at radius 2 is 2.00 bits per heavy atom. The number of rotatable bonds is 6. The average Bonchev–Trinajstić information content (AvgIpc) is 2.97. The van der Waals surface area contributed by atoms with Gasteiger partial charge in [-0.2, -0.15) is 0 Å². The molecule has 6 heteroatoms. The summed E-state index contributed by atoms with van der Waals surface area (Å²) >= 11 is 3.28. The van der Waals surface area contributed by atoms with E-state index in [2.05, 4.69) is 10.3 Å². The maximum absolute atomic E-state index is 5.34. The van der Waals surface area contributed by atoms with Crippen LogP contribution in [0.2, 0.25) is 0 Å². The summed E-state index contributed by atoms with van der Waals surface area (Å²) in [7, 11) is 3.30. The molecule has 0 aliphatic rings. The summed E-state index contributed by atoms with van der Waals surface area (Å²) in [6, 6.07) is 4.01. The van der Waals surface area contributed by atoms with E-state index in [0.717, 1.165) is 16.6 Å². The van der Waals surface area contributed by atoms with Crippen LogP contribution in [0.4, 0.5) is 5.13 Å². The number of methoxy groups -OCH3 is 2. The largest absolute Gasteiger partial charge is 0.493 e. The number of hydrogen-bond acceptors (Lipinski definition) is 6. The fourth-order valence-electron chi connectivity index (χ4n) is 1.71. The highest BCUT2D eigenvalue weighted by molar-refractivity contribution is 7.98. The van der Waals surface area contributed by atoms with Gasteiger partial charge in [0, 0.05) is 23.0 Å². The molecular formula is C13H16N2O2S2. The fourth-order valence-corrected chi connectivity index (χ4v) is 2.86. The molecule has 0 aliphatic carbocycles. The van der Waals surface area contributed by atoms with Gasteiger partial charge in [-0.3, -0.25) is 0 Å². The van der Waals surface area contributed by atoms with Crippen molar-refractivity contribution in [2.24, 2.45) is 0 Å². The summed E-state index contributed by atoms with van der Waals surface area (Å²) in [6.07, 6.45) is 3.84. The van der Waals surface area contributed by atoms with Gasteiger partial charge in [-0.05, 0) is 24.0 Å². The number of aromatic nitrogens is 1. The SMILES string of the molecule is COc1cc(CNc2nccs2)c(SC)cc1OC. The maximum atomic E-state index is 5.34. The third-order valence-corrected chi connectivity index (χ3v) is 4.20. The first-order chi connectivity index (χ1) is 9.28. The van der Waals surface area contributed by atoms with Gasteiger partial charge in [0.05, 0.1) is 14.2 Å². The number of thioether (sulfide) groups is 1. The van der Waals surface area contributed by atoms with Crippen molar-refractivity contribution in [3.8, 4) is 11.5 Å². The Bertz CT molecular complexity index is 530. The Kier molecular flexibility index (Phi) is 4.93. The molecule has 0 unspecified atom stereocenters. The second kappa shape index (κ2) is 6.68. The highest BCUT2D eigenvalue weighted by atomic mass is 32.2. The van der Waals surface area contributed by atoms with Gasteiger partial charge in [0.15, 0.2) is 16.6 Å². The van der Waals surface area contributed by atoms with Crippen molar-refractivity contribution in [1.82, 2.24) is 4.98 Å². The Hall–Kier alpha value is -1.40. The van der Waals surface area contributed by atoms with E-state index >= 15 is 0 Å². The van der Waals surface area contributed by atoms with Crippen LogP contribution in [0.3, 0.4) is 0 Å². The van der Waals surface area contributed by atoms with Crippen molar-refractivity contribution in [3.05, 3.63) is 29.3 Å². The normalized spacial score (nSPS) is 10.3. The molecule has 0 bridgehead atoms. The molecule has 0 radical (unpaired) electrons. The molecule has 2 aromatic rings. The molecule has 0 saturated carbocycles. The van der Waals surface area contributed by atoms with Crippen LogP contribution >= 0.6 is 23.1 Å². The van der Waals surface area contributed by atoms with Crippen LogP contribution in [0.15, 0.2) is 28.6 Å². The summed E-state index contributed by atoms with van der Waals surface area (Å²) in [4.78, 5) is 5.38. The van der Waals surface area contributed by atoms with Crippen LogP contribution in [0.25, 0.3) is 0 Å². The van der Waals surface area contributed by atoms with Crippen molar-refractivity contribution < 1.29 is 9.47 Å². The summed E-state index contributed by atoms with van der Waals surface area (Å²) in [5.41, 5.74) is 1.17. The molecule has 0 atom stereocenters. The third-order valence-electron chi connectivity index (χ3n) is 2.65. The van der Waals surface area contributed by atoms with Gasteiger partial charge in [-0.1, -0.05) is 0 Å². The van der Waals surface area contributed by atoms with E-state index in [1.54, 1.807) is 43.5 Å². The monoisotopic (exact) mass is 296 g/mol. The Morgan fingerprint density at radius 1 is 1.26 bits per heavy atom. The van der Waals surface area contributed by atoms with Crippen molar-refractivity contribution in [1.29, 1.82) is 0 Å². The van der Waals surface area contributed by atoms with Crippen molar-refractivity contribution in [2.75, 3.05) is 25.8 Å². The van der Waals surface area contributed by atoms with Gasteiger partial charge in [-0.15, -0.1) is 23.1 Å². The molecule has 1 heterocycles. The summed E-state index contributed by atoms with van der Waals surface area (Å²) in [6.45, 7) is 0.712. The Balaban J connectivity index is 2.22. The van der Waals surface area contributed by atoms with Crippen LogP contribution in [0.1, 0.15) is 5.56 Å². The molecule has 0 aliphatic heterocycles. The molecule has 0 saturated heterocycles. The molecule has 2 rings (SSSR count). The zero-order valence-electron chi connectivity index (χ0n) is 11.1. The molecule has 1 N–H and O–H groups in total. The van der Waals surface area contributed by atoms with Gasteiger partial charge in [0.1, 0.15) is 0 Å². The number of benzene rings is 1. The molecule has 0 spiro atoms. The quantitative estimate of drug-likeness (QED) is 0.827.